The molecule has 0 saturated carbocycles. The van der Waals surface area contributed by atoms with Crippen molar-refractivity contribution in [1.82, 2.24) is 4.98 Å². The van der Waals surface area contributed by atoms with E-state index >= 15 is 0 Å². The van der Waals surface area contributed by atoms with Gasteiger partial charge in [0.2, 0.25) is 11.8 Å². The van der Waals surface area contributed by atoms with Crippen LogP contribution in [0, 0.1) is 6.92 Å². The second-order valence-corrected chi connectivity index (χ2v) is 9.13. The van der Waals surface area contributed by atoms with Gasteiger partial charge in [0.05, 0.1) is 23.5 Å². The van der Waals surface area contributed by atoms with Gasteiger partial charge in [-0.25, -0.2) is 4.98 Å². The number of anilines is 3. The number of nitrogens with one attached hydrogen (secondary N) is 2. The highest BCUT2D eigenvalue weighted by atomic mass is 32.1. The summed E-state index contributed by atoms with van der Waals surface area (Å²) in [6.45, 7) is 1.99. The van der Waals surface area contributed by atoms with Gasteiger partial charge >= 0.3 is 0 Å². The van der Waals surface area contributed by atoms with E-state index in [2.05, 4.69) is 15.6 Å². The van der Waals surface area contributed by atoms with E-state index in [0.29, 0.717) is 28.3 Å². The maximum Gasteiger partial charge on any atom is 0.258 e. The molecule has 2 heterocycles. The number of aromatic nitrogens is 1. The molecule has 1 aliphatic heterocycles. The van der Waals surface area contributed by atoms with Crippen molar-refractivity contribution in [3.05, 3.63) is 95.0 Å². The van der Waals surface area contributed by atoms with Crippen LogP contribution in [0.25, 0.3) is 10.6 Å². The number of carbonyl (C=O) groups is 3. The summed E-state index contributed by atoms with van der Waals surface area (Å²) >= 11 is 1.51. The standard InChI is InChI=1S/C27H22N4O3S/c1-17-6-8-18(9-7-17)26-29-21(16-35-26)14-24(32)28-20-12-10-19(11-13-20)27(34)31-15-25(33)30-22-4-2-3-5-23(22)31/h2-13,16H,14-15H2,1H3,(H,28,32)(H,30,33). The van der Waals surface area contributed by atoms with Crippen molar-refractivity contribution in [2.24, 2.45) is 0 Å². The van der Waals surface area contributed by atoms with Gasteiger partial charge in [0.25, 0.3) is 5.91 Å². The number of amides is 3. The molecule has 0 radical (unpaired) electrons. The van der Waals surface area contributed by atoms with E-state index < -0.39 is 0 Å². The predicted octanol–water partition coefficient (Wildman–Crippen LogP) is 4.90. The molecule has 7 nitrogen and oxygen atoms in total. The van der Waals surface area contributed by atoms with Gasteiger partial charge in [0.1, 0.15) is 11.6 Å². The van der Waals surface area contributed by atoms with Crippen LogP contribution in [0.15, 0.2) is 78.2 Å². The first-order valence-electron chi connectivity index (χ1n) is 11.1. The third-order valence-corrected chi connectivity index (χ3v) is 6.56. The molecule has 0 bridgehead atoms. The Hall–Kier alpha value is -4.30. The topological polar surface area (TPSA) is 91.4 Å². The number of carbonyl (C=O) groups excluding carboxylic acids is 3. The molecule has 35 heavy (non-hydrogen) atoms. The molecule has 3 amide bonds. The Morgan fingerprint density at radius 3 is 2.54 bits per heavy atom. The number of fused-ring (bicyclic) bond motifs is 1. The molecule has 3 aromatic carbocycles. The van der Waals surface area contributed by atoms with Crippen molar-refractivity contribution in [3.8, 4) is 10.6 Å². The van der Waals surface area contributed by atoms with Gasteiger partial charge in [0.15, 0.2) is 0 Å². The Kier molecular flexibility index (Phi) is 6.12. The van der Waals surface area contributed by atoms with Crippen LogP contribution in [0.2, 0.25) is 0 Å². The number of hydrogen-bond acceptors (Lipinski definition) is 5. The minimum absolute atomic E-state index is 0.0491. The highest BCUT2D eigenvalue weighted by Crippen LogP contribution is 2.30. The van der Waals surface area contributed by atoms with E-state index in [1.807, 2.05) is 42.6 Å². The Morgan fingerprint density at radius 2 is 1.77 bits per heavy atom. The summed E-state index contributed by atoms with van der Waals surface area (Å²) in [6.07, 6.45) is 0.155. The molecule has 5 rings (SSSR count). The first-order valence-corrected chi connectivity index (χ1v) is 12.0. The normalized spacial score (nSPS) is 12.6. The number of aryl methyl sites for hydroxylation is 1. The quantitative estimate of drug-likeness (QED) is 0.423. The van der Waals surface area contributed by atoms with Crippen molar-refractivity contribution < 1.29 is 14.4 Å². The first-order chi connectivity index (χ1) is 17.0. The molecule has 2 N–H and O–H groups in total. The zero-order valence-corrected chi connectivity index (χ0v) is 19.8. The lowest BCUT2D eigenvalue weighted by atomic mass is 10.1. The van der Waals surface area contributed by atoms with Crippen LogP contribution in [0.3, 0.4) is 0 Å². The van der Waals surface area contributed by atoms with Gasteiger partial charge in [-0.05, 0) is 43.3 Å². The molecule has 1 aromatic heterocycles. The minimum Gasteiger partial charge on any atom is -0.326 e. The fourth-order valence-electron chi connectivity index (χ4n) is 3.85. The average Bonchev–Trinajstić information content (AvgIpc) is 3.32. The molecule has 0 fully saturated rings. The fraction of sp³-hybridized carbons (Fsp3) is 0.111. The lowest BCUT2D eigenvalue weighted by Gasteiger charge is -2.29. The summed E-state index contributed by atoms with van der Waals surface area (Å²) in [4.78, 5) is 43.7. The number of nitrogens with zero attached hydrogens (tertiary/aromatic N) is 2. The monoisotopic (exact) mass is 482 g/mol. The summed E-state index contributed by atoms with van der Waals surface area (Å²) in [5.41, 5.74) is 5.19. The van der Waals surface area contributed by atoms with Crippen molar-refractivity contribution in [3.63, 3.8) is 0 Å². The maximum absolute atomic E-state index is 13.1. The summed E-state index contributed by atoms with van der Waals surface area (Å²) in [5, 5.41) is 8.40. The molecule has 0 spiro atoms. The molecule has 4 aromatic rings. The van der Waals surface area contributed by atoms with Gasteiger partial charge in [0, 0.05) is 22.2 Å². The average molecular weight is 483 g/mol. The smallest absolute Gasteiger partial charge is 0.258 e. The molecule has 0 atom stereocenters. The van der Waals surface area contributed by atoms with Gasteiger partial charge in [-0.1, -0.05) is 42.0 Å². The highest BCUT2D eigenvalue weighted by Gasteiger charge is 2.27. The second-order valence-electron chi connectivity index (χ2n) is 8.27. The second kappa shape index (κ2) is 9.52. The van der Waals surface area contributed by atoms with Gasteiger partial charge in [-0.3, -0.25) is 19.3 Å². The van der Waals surface area contributed by atoms with Crippen LogP contribution in [-0.2, 0) is 16.0 Å². The van der Waals surface area contributed by atoms with Gasteiger partial charge in [-0.2, -0.15) is 0 Å². The van der Waals surface area contributed by atoms with Crippen molar-refractivity contribution >= 4 is 46.1 Å². The number of benzene rings is 3. The van der Waals surface area contributed by atoms with Crippen LogP contribution in [0.1, 0.15) is 21.6 Å². The molecule has 0 saturated heterocycles. The summed E-state index contributed by atoms with van der Waals surface area (Å²) in [5.74, 6) is -0.712. The Balaban J connectivity index is 1.23. The van der Waals surface area contributed by atoms with E-state index in [1.165, 1.54) is 21.8 Å². The summed E-state index contributed by atoms with van der Waals surface area (Å²) < 4.78 is 0. The number of thiazole rings is 1. The first kappa shape index (κ1) is 22.5. The fourth-order valence-corrected chi connectivity index (χ4v) is 4.68. The Morgan fingerprint density at radius 1 is 1.03 bits per heavy atom. The number of rotatable bonds is 5. The maximum atomic E-state index is 13.1. The van der Waals surface area contributed by atoms with Crippen molar-refractivity contribution in [2.45, 2.75) is 13.3 Å². The van der Waals surface area contributed by atoms with Gasteiger partial charge in [-0.15, -0.1) is 11.3 Å². The van der Waals surface area contributed by atoms with Crippen molar-refractivity contribution in [2.75, 3.05) is 22.1 Å². The van der Waals surface area contributed by atoms with Crippen LogP contribution in [0.5, 0.6) is 0 Å². The van der Waals surface area contributed by atoms with E-state index in [0.717, 1.165) is 10.6 Å². The minimum atomic E-state index is -0.281. The number of para-hydroxylation sites is 2. The zero-order valence-electron chi connectivity index (χ0n) is 18.9. The van der Waals surface area contributed by atoms with E-state index in [1.54, 1.807) is 42.5 Å². The molecular formula is C27H22N4O3S. The SMILES string of the molecule is Cc1ccc(-c2nc(CC(=O)Nc3ccc(C(=O)N4CC(=O)Nc5ccccc54)cc3)cs2)cc1. The highest BCUT2D eigenvalue weighted by molar-refractivity contribution is 7.13. The molecule has 174 valence electrons. The molecule has 1 aliphatic rings. The lowest BCUT2D eigenvalue weighted by Crippen LogP contribution is -2.42. The third kappa shape index (κ3) is 4.97. The van der Waals surface area contributed by atoms with E-state index in [9.17, 15) is 14.4 Å². The van der Waals surface area contributed by atoms with Gasteiger partial charge < -0.3 is 10.6 Å². The Bertz CT molecular complexity index is 1410. The molecule has 8 heteroatoms. The third-order valence-electron chi connectivity index (χ3n) is 5.62. The largest absolute Gasteiger partial charge is 0.326 e. The number of hydrogen-bond donors (Lipinski definition) is 2. The van der Waals surface area contributed by atoms with Crippen LogP contribution < -0.4 is 15.5 Å². The lowest BCUT2D eigenvalue weighted by molar-refractivity contribution is -0.116. The molecule has 0 aliphatic carbocycles. The van der Waals surface area contributed by atoms with Crippen LogP contribution in [-0.4, -0.2) is 29.3 Å². The van der Waals surface area contributed by atoms with Crippen LogP contribution >= 0.6 is 11.3 Å². The summed E-state index contributed by atoms with van der Waals surface area (Å²) in [7, 11) is 0. The van der Waals surface area contributed by atoms with Crippen molar-refractivity contribution in [1.29, 1.82) is 0 Å². The molecular weight excluding hydrogens is 460 g/mol. The molecule has 0 unspecified atom stereocenters. The summed E-state index contributed by atoms with van der Waals surface area (Å²) in [6, 6.07) is 22.0. The zero-order chi connectivity index (χ0) is 24.4. The van der Waals surface area contributed by atoms with Crippen LogP contribution in [0.4, 0.5) is 17.1 Å². The van der Waals surface area contributed by atoms with E-state index in [4.69, 9.17) is 0 Å². The Labute approximate surface area is 206 Å². The van der Waals surface area contributed by atoms with E-state index in [-0.39, 0.29) is 30.7 Å². The predicted molar refractivity (Wildman–Crippen MR) is 138 cm³/mol.